The largest absolute Gasteiger partial charge is 0.316 e. The van der Waals surface area contributed by atoms with Crippen molar-refractivity contribution >= 4 is 0 Å². The van der Waals surface area contributed by atoms with E-state index in [0.29, 0.717) is 0 Å². The summed E-state index contributed by atoms with van der Waals surface area (Å²) in [5, 5.41) is 0. The molecule has 0 N–H and O–H groups in total. The van der Waals surface area contributed by atoms with Gasteiger partial charge in [0.25, 0.3) is 0 Å². The molecule has 6 fully saturated rings. The van der Waals surface area contributed by atoms with Crippen LogP contribution in [0.3, 0.4) is 0 Å². The minimum absolute atomic E-state index is 0.902. The first-order valence-electron chi connectivity index (χ1n) is 4.59. The second kappa shape index (κ2) is 0.632. The van der Waals surface area contributed by atoms with Crippen LogP contribution in [0.25, 0.3) is 0 Å². The lowest BCUT2D eigenvalue weighted by Crippen LogP contribution is -3.22. The van der Waals surface area contributed by atoms with E-state index in [0.717, 1.165) is 17.5 Å². The fourth-order valence-electron chi connectivity index (χ4n) is 6.49. The molecule has 4 atom stereocenters. The van der Waals surface area contributed by atoms with Crippen LogP contribution >= 0.6 is 0 Å². The van der Waals surface area contributed by atoms with Gasteiger partial charge in [-0.25, -0.2) is 0 Å². The molecule has 1 nitrogen and oxygen atoms in total. The first-order chi connectivity index (χ1) is 4.73. The average molecular weight is 134 g/mol. The van der Waals surface area contributed by atoms with E-state index in [9.17, 15) is 0 Å². The fourth-order valence-corrected chi connectivity index (χ4v) is 6.49. The zero-order chi connectivity index (χ0) is 6.46. The lowest BCUT2D eigenvalue weighted by molar-refractivity contribution is -1.21. The minimum Gasteiger partial charge on any atom is -0.316 e. The number of rotatable bonds is 0. The first-order valence-corrected chi connectivity index (χ1v) is 4.59. The zero-order valence-corrected chi connectivity index (χ0v) is 6.41. The van der Waals surface area contributed by atoms with Crippen LogP contribution in [-0.2, 0) is 0 Å². The molecule has 10 heavy (non-hydrogen) atoms. The molecule has 0 amide bonds. The van der Waals surface area contributed by atoms with E-state index in [-0.39, 0.29) is 0 Å². The van der Waals surface area contributed by atoms with E-state index in [1.54, 1.807) is 4.48 Å². The quantitative estimate of drug-likeness (QED) is 0.422. The maximum atomic E-state index is 2.55. The van der Waals surface area contributed by atoms with Crippen LogP contribution in [0.1, 0.15) is 6.92 Å². The van der Waals surface area contributed by atoms with E-state index < -0.39 is 0 Å². The predicted octanol–water partition coefficient (Wildman–Crippen LogP) is 0.462. The van der Waals surface area contributed by atoms with Gasteiger partial charge in [0.2, 0.25) is 0 Å². The van der Waals surface area contributed by atoms with Gasteiger partial charge in [-0.15, -0.1) is 0 Å². The molecule has 3 saturated heterocycles. The lowest BCUT2D eigenvalue weighted by atomic mass is 9.09. The highest BCUT2D eigenvalue weighted by atomic mass is 15.7. The van der Waals surface area contributed by atoms with Crippen molar-refractivity contribution in [3.63, 3.8) is 0 Å². The van der Waals surface area contributed by atoms with Crippen molar-refractivity contribution < 1.29 is 4.48 Å². The van der Waals surface area contributed by atoms with Crippen molar-refractivity contribution in [2.24, 2.45) is 23.2 Å². The van der Waals surface area contributed by atoms with E-state index in [1.807, 2.05) is 0 Å². The van der Waals surface area contributed by atoms with Crippen LogP contribution in [0, 0.1) is 23.2 Å². The Morgan fingerprint density at radius 2 is 1.80 bits per heavy atom. The highest BCUT2D eigenvalue weighted by molar-refractivity contribution is 5.46. The third-order valence-electron chi connectivity index (χ3n) is 6.18. The van der Waals surface area contributed by atoms with Gasteiger partial charge in [0.15, 0.2) is 0 Å². The number of piperidine rings is 12. The summed E-state index contributed by atoms with van der Waals surface area (Å²) >= 11 is 0. The highest BCUT2D eigenvalue weighted by Crippen LogP contribution is 2.98. The molecule has 1 heteroatoms. The monoisotopic (exact) mass is 134 g/mol. The fraction of sp³-hybridized carbons (Fsp3) is 1.00. The van der Waals surface area contributed by atoms with E-state index >= 15 is 0 Å². The molecule has 0 radical (unpaired) electrons. The molecular weight excluding hydrogens is 122 g/mol. The molecule has 0 aromatic rings. The van der Waals surface area contributed by atoms with Crippen LogP contribution in [0.4, 0.5) is 0 Å². The first kappa shape index (κ1) is 4.10. The van der Waals surface area contributed by atoms with Crippen molar-refractivity contribution in [3.8, 4) is 0 Å². The van der Waals surface area contributed by atoms with Crippen molar-refractivity contribution in [2.45, 2.75) is 25.0 Å². The smallest absolute Gasteiger partial charge is 0.110 e. The Hall–Kier alpha value is -0.0400. The lowest BCUT2D eigenvalue weighted by Gasteiger charge is -3.07. The van der Waals surface area contributed by atoms with Gasteiger partial charge < -0.3 is 4.48 Å². The summed E-state index contributed by atoms with van der Waals surface area (Å²) in [6, 6.07) is 3.52. The van der Waals surface area contributed by atoms with Gasteiger partial charge in [0.1, 0.15) is 18.1 Å². The van der Waals surface area contributed by atoms with Crippen molar-refractivity contribution in [1.29, 1.82) is 0 Å². The average Bonchev–Trinajstić information content (AvgIpc) is 1.86. The van der Waals surface area contributed by atoms with Crippen LogP contribution in [0.5, 0.6) is 0 Å². The van der Waals surface area contributed by atoms with E-state index in [1.165, 1.54) is 23.8 Å². The molecule has 3 aliphatic heterocycles. The summed E-state index contributed by atoms with van der Waals surface area (Å²) in [6.07, 6.45) is 0. The van der Waals surface area contributed by atoms with E-state index in [2.05, 4.69) is 14.0 Å². The molecule has 0 spiro atoms. The summed E-state index contributed by atoms with van der Waals surface area (Å²) in [6.45, 7) is 2.55. The maximum Gasteiger partial charge on any atom is 0.110 e. The van der Waals surface area contributed by atoms with Crippen LogP contribution in [-0.4, -0.2) is 29.7 Å². The molecule has 0 aromatic heterocycles. The standard InChI is InChI=1S/C9H12N/c1-9-5-3-6-4(5)8(9)10(6,2)7(3)9/h3-8H,1-2H3/q+1. The number of quaternary nitrogens is 1. The highest BCUT2D eigenvalue weighted by Gasteiger charge is 3.12. The van der Waals surface area contributed by atoms with Crippen molar-refractivity contribution in [3.05, 3.63) is 0 Å². The Bertz CT molecular complexity index is 249. The van der Waals surface area contributed by atoms with Gasteiger partial charge in [0, 0.05) is 5.92 Å². The third kappa shape index (κ3) is 0.107. The van der Waals surface area contributed by atoms with Gasteiger partial charge in [-0.3, -0.25) is 0 Å². The third-order valence-corrected chi connectivity index (χ3v) is 6.18. The second-order valence-electron chi connectivity index (χ2n) is 5.65. The molecule has 4 unspecified atom stereocenters. The van der Waals surface area contributed by atoms with Crippen LogP contribution in [0.2, 0.25) is 0 Å². The van der Waals surface area contributed by atoms with Gasteiger partial charge in [-0.1, -0.05) is 0 Å². The molecule has 0 bridgehead atoms. The molecule has 52 valence electrons. The Balaban J connectivity index is 1.89. The second-order valence-corrected chi connectivity index (χ2v) is 5.65. The molecule has 3 heterocycles. The number of nitrogens with zero attached hydrogens (tertiary/aromatic N) is 1. The summed E-state index contributed by atoms with van der Waals surface area (Å²) < 4.78 is 1.54. The van der Waals surface area contributed by atoms with Crippen molar-refractivity contribution in [1.82, 2.24) is 0 Å². The topological polar surface area (TPSA) is 0 Å². The molecule has 0 aromatic carbocycles. The summed E-state index contributed by atoms with van der Waals surface area (Å²) in [7, 11) is 2.50. The van der Waals surface area contributed by atoms with Crippen LogP contribution in [0.15, 0.2) is 0 Å². The number of hydrogen-bond acceptors (Lipinski definition) is 0. The Morgan fingerprint density at radius 1 is 1.20 bits per heavy atom. The predicted molar refractivity (Wildman–Crippen MR) is 36.1 cm³/mol. The van der Waals surface area contributed by atoms with Gasteiger partial charge in [0.05, 0.1) is 24.3 Å². The zero-order valence-electron chi connectivity index (χ0n) is 6.41. The maximum absolute atomic E-state index is 2.55. The minimum atomic E-state index is 0.902. The summed E-state index contributed by atoms with van der Waals surface area (Å²) in [5.74, 6) is 3.72. The Kier molecular flexibility index (Phi) is 0.260. The normalized spacial score (nSPS) is 104. The molecular formula is C9H12N+. The van der Waals surface area contributed by atoms with Gasteiger partial charge in [-0.2, -0.15) is 0 Å². The molecule has 3 saturated carbocycles. The molecule has 6 rings (SSSR count). The van der Waals surface area contributed by atoms with Gasteiger partial charge >= 0.3 is 0 Å². The molecule has 3 aliphatic carbocycles. The molecule has 6 aliphatic rings. The SMILES string of the molecule is CC12C3C4C5C3C1[N+]5(C)C42. The Morgan fingerprint density at radius 3 is 2.10 bits per heavy atom. The van der Waals surface area contributed by atoms with E-state index in [4.69, 9.17) is 0 Å². The summed E-state index contributed by atoms with van der Waals surface area (Å²) in [4.78, 5) is 0. The van der Waals surface area contributed by atoms with Gasteiger partial charge in [-0.05, 0) is 6.92 Å². The Labute approximate surface area is 60.6 Å². The van der Waals surface area contributed by atoms with Crippen molar-refractivity contribution in [2.75, 3.05) is 7.05 Å². The summed E-state index contributed by atoms with van der Waals surface area (Å²) in [5.41, 5.74) is 0.902. The van der Waals surface area contributed by atoms with Crippen LogP contribution < -0.4 is 0 Å². The number of hydrogen-bond donors (Lipinski definition) is 0.